The number of fused-ring (bicyclic) bond motifs is 1. The largest absolute Gasteiger partial charge is 0.478 e. The van der Waals surface area contributed by atoms with Crippen molar-refractivity contribution in [1.29, 1.82) is 0 Å². The summed E-state index contributed by atoms with van der Waals surface area (Å²) in [5.74, 6) is -0.443. The van der Waals surface area contributed by atoms with Gasteiger partial charge in [-0.3, -0.25) is 0 Å². The minimum Gasteiger partial charge on any atom is -0.478 e. The lowest BCUT2D eigenvalue weighted by atomic mass is 10.0. The molecule has 0 fully saturated rings. The topological polar surface area (TPSA) is 54.6 Å². The fraction of sp³-hybridized carbons (Fsp3) is 0.176. The van der Waals surface area contributed by atoms with Crippen LogP contribution in [-0.4, -0.2) is 20.5 Å². The number of carboxylic acid groups (broad SMARTS) is 1. The van der Waals surface area contributed by atoms with Gasteiger partial charge in [0.15, 0.2) is 0 Å². The van der Waals surface area contributed by atoms with Gasteiger partial charge in [-0.25, -0.2) is 9.78 Å². The molecule has 4 heteroatoms. The van der Waals surface area contributed by atoms with Crippen molar-refractivity contribution in [2.45, 2.75) is 19.8 Å². The SMILES string of the molecule is CC(C)c1ccc(-c2cn3ccc(C(=O)O)cc3n2)cc1. The molecule has 0 spiro atoms. The standard InChI is InChI=1S/C17H16N2O2/c1-11(2)12-3-5-13(6-4-12)15-10-19-8-7-14(17(20)21)9-16(19)18-15/h3-11H,1-2H3,(H,20,21). The zero-order valence-corrected chi connectivity index (χ0v) is 11.9. The maximum absolute atomic E-state index is 11.0. The van der Waals surface area contributed by atoms with Gasteiger partial charge in [0.05, 0.1) is 11.3 Å². The third kappa shape index (κ3) is 2.52. The molecule has 0 amide bonds. The van der Waals surface area contributed by atoms with Gasteiger partial charge in [0, 0.05) is 18.0 Å². The van der Waals surface area contributed by atoms with Gasteiger partial charge < -0.3 is 9.51 Å². The van der Waals surface area contributed by atoms with E-state index in [2.05, 4.69) is 43.1 Å². The maximum Gasteiger partial charge on any atom is 0.335 e. The molecule has 0 bridgehead atoms. The quantitative estimate of drug-likeness (QED) is 0.793. The zero-order chi connectivity index (χ0) is 15.0. The third-order valence-corrected chi connectivity index (χ3v) is 3.58. The first-order valence-corrected chi connectivity index (χ1v) is 6.87. The van der Waals surface area contributed by atoms with E-state index >= 15 is 0 Å². The Morgan fingerprint density at radius 3 is 2.52 bits per heavy atom. The van der Waals surface area contributed by atoms with Crippen molar-refractivity contribution in [2.24, 2.45) is 0 Å². The minimum absolute atomic E-state index is 0.245. The summed E-state index contributed by atoms with van der Waals surface area (Å²) in [6, 6.07) is 11.5. The van der Waals surface area contributed by atoms with Crippen LogP contribution < -0.4 is 0 Å². The van der Waals surface area contributed by atoms with Crippen LogP contribution in [-0.2, 0) is 0 Å². The van der Waals surface area contributed by atoms with Gasteiger partial charge in [-0.05, 0) is 23.6 Å². The molecule has 21 heavy (non-hydrogen) atoms. The van der Waals surface area contributed by atoms with Crippen molar-refractivity contribution in [2.75, 3.05) is 0 Å². The molecule has 2 heterocycles. The fourth-order valence-corrected chi connectivity index (χ4v) is 2.29. The summed E-state index contributed by atoms with van der Waals surface area (Å²) in [6.45, 7) is 4.32. The monoisotopic (exact) mass is 280 g/mol. The molecule has 0 saturated heterocycles. The minimum atomic E-state index is -0.941. The molecule has 2 aromatic heterocycles. The summed E-state index contributed by atoms with van der Waals surface area (Å²) < 4.78 is 1.83. The van der Waals surface area contributed by atoms with Crippen molar-refractivity contribution in [3.8, 4) is 11.3 Å². The Balaban J connectivity index is 2.02. The Morgan fingerprint density at radius 2 is 1.90 bits per heavy atom. The van der Waals surface area contributed by atoms with Crippen LogP contribution in [0.1, 0.15) is 35.7 Å². The first kappa shape index (κ1) is 13.4. The van der Waals surface area contributed by atoms with Crippen molar-refractivity contribution < 1.29 is 9.90 Å². The van der Waals surface area contributed by atoms with Crippen molar-refractivity contribution >= 4 is 11.6 Å². The van der Waals surface area contributed by atoms with Crippen molar-refractivity contribution in [3.05, 3.63) is 59.9 Å². The van der Waals surface area contributed by atoms with E-state index in [-0.39, 0.29) is 5.56 Å². The number of imidazole rings is 1. The highest BCUT2D eigenvalue weighted by Crippen LogP contribution is 2.22. The van der Waals surface area contributed by atoms with Crippen molar-refractivity contribution in [3.63, 3.8) is 0 Å². The number of aromatic carboxylic acids is 1. The normalized spacial score (nSPS) is 11.2. The van der Waals surface area contributed by atoms with E-state index in [0.717, 1.165) is 11.3 Å². The first-order chi connectivity index (χ1) is 10.0. The lowest BCUT2D eigenvalue weighted by molar-refractivity contribution is 0.0697. The average Bonchev–Trinajstić information content (AvgIpc) is 2.90. The number of hydrogen-bond donors (Lipinski definition) is 1. The van der Waals surface area contributed by atoms with Gasteiger partial charge in [-0.15, -0.1) is 0 Å². The molecular weight excluding hydrogens is 264 g/mol. The number of benzene rings is 1. The van der Waals surface area contributed by atoms with Gasteiger partial charge in [-0.2, -0.15) is 0 Å². The molecule has 1 aromatic carbocycles. The summed E-state index contributed by atoms with van der Waals surface area (Å²) in [6.07, 6.45) is 3.63. The molecule has 0 atom stereocenters. The molecule has 0 saturated carbocycles. The second-order valence-electron chi connectivity index (χ2n) is 5.39. The number of carboxylic acids is 1. The number of aromatic nitrogens is 2. The highest BCUT2D eigenvalue weighted by Gasteiger charge is 2.08. The lowest BCUT2D eigenvalue weighted by Gasteiger charge is -2.05. The molecule has 0 unspecified atom stereocenters. The van der Waals surface area contributed by atoms with E-state index < -0.39 is 5.97 Å². The Kier molecular flexibility index (Phi) is 3.22. The first-order valence-electron chi connectivity index (χ1n) is 6.87. The van der Waals surface area contributed by atoms with Gasteiger partial charge in [-0.1, -0.05) is 38.1 Å². The number of hydrogen-bond acceptors (Lipinski definition) is 2. The predicted molar refractivity (Wildman–Crippen MR) is 81.7 cm³/mol. The Morgan fingerprint density at radius 1 is 1.19 bits per heavy atom. The molecular formula is C17H16N2O2. The van der Waals surface area contributed by atoms with Crippen LogP contribution >= 0.6 is 0 Å². The van der Waals surface area contributed by atoms with Gasteiger partial charge in [0.1, 0.15) is 5.65 Å². The molecule has 3 rings (SSSR count). The van der Waals surface area contributed by atoms with Crippen LogP contribution in [0.5, 0.6) is 0 Å². The lowest BCUT2D eigenvalue weighted by Crippen LogP contribution is -1.96. The second-order valence-corrected chi connectivity index (χ2v) is 5.39. The smallest absolute Gasteiger partial charge is 0.335 e. The molecule has 0 radical (unpaired) electrons. The van der Waals surface area contributed by atoms with E-state index in [0.29, 0.717) is 11.6 Å². The summed E-state index contributed by atoms with van der Waals surface area (Å²) in [5, 5.41) is 9.01. The van der Waals surface area contributed by atoms with Crippen LogP contribution in [0.15, 0.2) is 48.8 Å². The number of rotatable bonds is 3. The van der Waals surface area contributed by atoms with Crippen LogP contribution in [0, 0.1) is 0 Å². The number of carbonyl (C=O) groups is 1. The Hall–Kier alpha value is -2.62. The van der Waals surface area contributed by atoms with Crippen LogP contribution in [0.4, 0.5) is 0 Å². The van der Waals surface area contributed by atoms with Gasteiger partial charge >= 0.3 is 5.97 Å². The molecule has 0 aliphatic heterocycles. The summed E-state index contributed by atoms with van der Waals surface area (Å²) in [5.41, 5.74) is 4.04. The molecule has 3 aromatic rings. The maximum atomic E-state index is 11.0. The third-order valence-electron chi connectivity index (χ3n) is 3.58. The number of pyridine rings is 1. The Bertz CT molecular complexity index is 801. The Labute approximate surface area is 122 Å². The highest BCUT2D eigenvalue weighted by atomic mass is 16.4. The predicted octanol–water partition coefficient (Wildman–Crippen LogP) is 3.82. The van der Waals surface area contributed by atoms with E-state index in [4.69, 9.17) is 5.11 Å². The van der Waals surface area contributed by atoms with Crippen molar-refractivity contribution in [1.82, 2.24) is 9.38 Å². The van der Waals surface area contributed by atoms with E-state index in [1.807, 2.05) is 10.6 Å². The van der Waals surface area contributed by atoms with E-state index in [1.165, 1.54) is 5.56 Å². The van der Waals surface area contributed by atoms with Gasteiger partial charge in [0.25, 0.3) is 0 Å². The van der Waals surface area contributed by atoms with Crippen LogP contribution in [0.3, 0.4) is 0 Å². The summed E-state index contributed by atoms with van der Waals surface area (Å²) in [4.78, 5) is 15.5. The molecule has 4 nitrogen and oxygen atoms in total. The molecule has 106 valence electrons. The van der Waals surface area contributed by atoms with Crippen LogP contribution in [0.25, 0.3) is 16.9 Å². The van der Waals surface area contributed by atoms with E-state index in [9.17, 15) is 4.79 Å². The summed E-state index contributed by atoms with van der Waals surface area (Å²) in [7, 11) is 0. The number of nitrogens with zero attached hydrogens (tertiary/aromatic N) is 2. The zero-order valence-electron chi connectivity index (χ0n) is 11.9. The molecule has 0 aliphatic carbocycles. The second kappa shape index (κ2) is 5.05. The van der Waals surface area contributed by atoms with Crippen LogP contribution in [0.2, 0.25) is 0 Å². The highest BCUT2D eigenvalue weighted by molar-refractivity contribution is 5.88. The fourth-order valence-electron chi connectivity index (χ4n) is 2.29. The van der Waals surface area contributed by atoms with E-state index in [1.54, 1.807) is 18.3 Å². The molecule has 1 N–H and O–H groups in total. The van der Waals surface area contributed by atoms with Gasteiger partial charge in [0.2, 0.25) is 0 Å². The summed E-state index contributed by atoms with van der Waals surface area (Å²) >= 11 is 0. The molecule has 0 aliphatic rings. The average molecular weight is 280 g/mol.